The van der Waals surface area contributed by atoms with Gasteiger partial charge < -0.3 is 15.5 Å². The molecule has 1 aromatic carbocycles. The first-order chi connectivity index (χ1) is 18.5. The average Bonchev–Trinajstić information content (AvgIpc) is 3.49. The lowest BCUT2D eigenvalue weighted by Crippen LogP contribution is -2.56. The summed E-state index contributed by atoms with van der Waals surface area (Å²) in [5.74, 6) is -1.11. The van der Waals surface area contributed by atoms with Crippen molar-refractivity contribution in [2.45, 2.75) is 95.3 Å². The molecule has 4 fully saturated rings. The third kappa shape index (κ3) is 5.80. The molecule has 8 nitrogen and oxygen atoms in total. The van der Waals surface area contributed by atoms with Crippen molar-refractivity contribution in [2.75, 3.05) is 19.6 Å². The monoisotopic (exact) mass is 522 g/mol. The van der Waals surface area contributed by atoms with Gasteiger partial charge in [0, 0.05) is 12.6 Å². The van der Waals surface area contributed by atoms with E-state index in [9.17, 15) is 19.2 Å². The number of carbonyl (C=O) groups excluding carboxylic acids is 4. The van der Waals surface area contributed by atoms with Crippen LogP contribution in [0.2, 0.25) is 0 Å². The normalized spacial score (nSPS) is 26.9. The topological polar surface area (TPSA) is 98.8 Å². The van der Waals surface area contributed by atoms with Crippen LogP contribution in [0.1, 0.15) is 82.7 Å². The number of likely N-dealkylation sites (tertiary alicyclic amines) is 2. The first kappa shape index (κ1) is 26.9. The van der Waals surface area contributed by atoms with Crippen LogP contribution < -0.4 is 10.6 Å². The Labute approximate surface area is 225 Å². The molecule has 2 aliphatic carbocycles. The van der Waals surface area contributed by atoms with Crippen LogP contribution >= 0.6 is 0 Å². The van der Waals surface area contributed by atoms with Crippen molar-refractivity contribution in [3.05, 3.63) is 35.9 Å². The van der Waals surface area contributed by atoms with E-state index in [4.69, 9.17) is 0 Å². The Morgan fingerprint density at radius 3 is 2.37 bits per heavy atom. The maximum absolute atomic E-state index is 14.3. The summed E-state index contributed by atoms with van der Waals surface area (Å²) in [5, 5.41) is 5.69. The van der Waals surface area contributed by atoms with Crippen LogP contribution in [0.4, 0.5) is 0 Å². The van der Waals surface area contributed by atoms with Crippen molar-refractivity contribution in [3.63, 3.8) is 0 Å². The molecule has 0 spiro atoms. The fourth-order valence-electron chi connectivity index (χ4n) is 6.80. The fourth-order valence-corrected chi connectivity index (χ4v) is 6.80. The lowest BCUT2D eigenvalue weighted by atomic mass is 9.92. The maximum atomic E-state index is 14.3. The van der Waals surface area contributed by atoms with Crippen LogP contribution in [-0.4, -0.2) is 71.1 Å². The molecule has 206 valence electrons. The Bertz CT molecular complexity index is 1020. The second-order valence-corrected chi connectivity index (χ2v) is 11.7. The fraction of sp³-hybridized carbons (Fsp3) is 0.667. The molecule has 2 saturated heterocycles. The number of nitrogens with zero attached hydrogens (tertiary/aromatic N) is 2. The summed E-state index contributed by atoms with van der Waals surface area (Å²) in [6.07, 6.45) is 9.13. The van der Waals surface area contributed by atoms with Gasteiger partial charge in [0.25, 0.3) is 5.91 Å². The molecule has 5 unspecified atom stereocenters. The van der Waals surface area contributed by atoms with Crippen LogP contribution in [0.25, 0.3) is 0 Å². The van der Waals surface area contributed by atoms with Crippen molar-refractivity contribution in [3.8, 4) is 0 Å². The van der Waals surface area contributed by atoms with E-state index < -0.39 is 29.8 Å². The van der Waals surface area contributed by atoms with Gasteiger partial charge >= 0.3 is 0 Å². The summed E-state index contributed by atoms with van der Waals surface area (Å²) >= 11 is 0. The summed E-state index contributed by atoms with van der Waals surface area (Å²) in [6.45, 7) is 4.25. The number of carbonyl (C=O) groups is 4. The molecule has 38 heavy (non-hydrogen) atoms. The lowest BCUT2D eigenvalue weighted by Gasteiger charge is -2.38. The average molecular weight is 523 g/mol. The minimum atomic E-state index is -0.865. The van der Waals surface area contributed by atoms with E-state index in [1.165, 1.54) is 6.42 Å². The van der Waals surface area contributed by atoms with Gasteiger partial charge in [0.15, 0.2) is 0 Å². The number of amides is 3. The van der Waals surface area contributed by atoms with E-state index in [-0.39, 0.29) is 23.8 Å². The first-order valence-corrected chi connectivity index (χ1v) is 14.7. The molecule has 2 N–H and O–H groups in total. The third-order valence-electron chi connectivity index (χ3n) is 8.89. The van der Waals surface area contributed by atoms with Crippen LogP contribution in [0.15, 0.2) is 30.3 Å². The Morgan fingerprint density at radius 2 is 1.68 bits per heavy atom. The number of Topliss-reactive ketones (excluding diaryl/α,β-unsaturated/α-hetero) is 1. The van der Waals surface area contributed by atoms with Crippen LogP contribution in [-0.2, 0) is 19.2 Å². The third-order valence-corrected chi connectivity index (χ3v) is 8.89. The molecular formula is C30H42N4O4. The highest BCUT2D eigenvalue weighted by molar-refractivity contribution is 6.38. The Hall–Kier alpha value is -2.74. The second kappa shape index (κ2) is 12.0. The lowest BCUT2D eigenvalue weighted by molar-refractivity contribution is -0.145. The summed E-state index contributed by atoms with van der Waals surface area (Å²) in [6, 6.07) is 8.11. The Kier molecular flexibility index (Phi) is 8.46. The second-order valence-electron chi connectivity index (χ2n) is 11.7. The van der Waals surface area contributed by atoms with Crippen LogP contribution in [0.5, 0.6) is 0 Å². The number of fused-ring (bicyclic) bond motifs is 1. The molecular weight excluding hydrogens is 480 g/mol. The number of hydrogen-bond acceptors (Lipinski definition) is 5. The van der Waals surface area contributed by atoms with Crippen molar-refractivity contribution in [2.24, 2.45) is 11.8 Å². The van der Waals surface area contributed by atoms with E-state index in [0.29, 0.717) is 25.3 Å². The quantitative estimate of drug-likeness (QED) is 0.461. The van der Waals surface area contributed by atoms with E-state index in [1.807, 2.05) is 42.2 Å². The van der Waals surface area contributed by atoms with Gasteiger partial charge in [-0.1, -0.05) is 56.5 Å². The minimum absolute atomic E-state index is 0.0162. The van der Waals surface area contributed by atoms with Gasteiger partial charge in [0.1, 0.15) is 12.1 Å². The predicted octanol–water partition coefficient (Wildman–Crippen LogP) is 2.97. The first-order valence-electron chi connectivity index (χ1n) is 14.7. The largest absolute Gasteiger partial charge is 0.347 e. The molecule has 0 bridgehead atoms. The molecule has 8 heteroatoms. The summed E-state index contributed by atoms with van der Waals surface area (Å²) in [4.78, 5) is 57.8. The predicted molar refractivity (Wildman–Crippen MR) is 144 cm³/mol. The number of hydrogen-bond donors (Lipinski definition) is 2. The molecule has 2 aliphatic heterocycles. The zero-order valence-electron chi connectivity index (χ0n) is 22.6. The number of piperidine rings is 1. The summed E-state index contributed by atoms with van der Waals surface area (Å²) < 4.78 is 0. The van der Waals surface area contributed by atoms with Gasteiger partial charge in [-0.15, -0.1) is 0 Å². The van der Waals surface area contributed by atoms with E-state index in [2.05, 4.69) is 15.5 Å². The van der Waals surface area contributed by atoms with Gasteiger partial charge in [0.05, 0.1) is 6.04 Å². The Balaban J connectivity index is 1.38. The van der Waals surface area contributed by atoms with Crippen molar-refractivity contribution in [1.29, 1.82) is 0 Å². The van der Waals surface area contributed by atoms with Crippen molar-refractivity contribution < 1.29 is 19.2 Å². The number of rotatable bonds is 10. The molecule has 1 aromatic rings. The summed E-state index contributed by atoms with van der Waals surface area (Å²) in [7, 11) is 0. The summed E-state index contributed by atoms with van der Waals surface area (Å²) in [5.41, 5.74) is 0.964. The van der Waals surface area contributed by atoms with Crippen molar-refractivity contribution >= 4 is 23.5 Å². The highest BCUT2D eigenvalue weighted by Crippen LogP contribution is 2.44. The van der Waals surface area contributed by atoms with Crippen molar-refractivity contribution in [1.82, 2.24) is 20.4 Å². The zero-order valence-corrected chi connectivity index (χ0v) is 22.6. The number of benzene rings is 1. The van der Waals surface area contributed by atoms with Gasteiger partial charge in [-0.05, 0) is 75.4 Å². The molecule has 5 rings (SSSR count). The van der Waals surface area contributed by atoms with E-state index in [0.717, 1.165) is 63.6 Å². The maximum Gasteiger partial charge on any atom is 0.289 e. The minimum Gasteiger partial charge on any atom is -0.347 e. The van der Waals surface area contributed by atoms with Gasteiger partial charge in [-0.3, -0.25) is 24.1 Å². The molecule has 0 radical (unpaired) electrons. The highest BCUT2D eigenvalue weighted by Gasteiger charge is 2.51. The standard InChI is InChI=1S/C30H42N4O4/c1-2-10-24(27(35)29(37)31-22-15-16-22)32-28(36)26-23-14-9-13-21(23)19-34(26)30(38)25(20-11-5-3-6-12-20)33-17-7-4-8-18-33/h3,5-6,11-12,21-26H,2,4,7-10,13-19H2,1H3,(H,31,37)(H,32,36). The molecule has 2 heterocycles. The van der Waals surface area contributed by atoms with Crippen LogP contribution in [0, 0.1) is 11.8 Å². The van der Waals surface area contributed by atoms with Crippen LogP contribution in [0.3, 0.4) is 0 Å². The van der Waals surface area contributed by atoms with E-state index in [1.54, 1.807) is 0 Å². The SMILES string of the molecule is CCCC(NC(=O)C1C2CCCC2CN1C(=O)C(c1ccccc1)N1CCCCC1)C(=O)C(=O)NC1CC1. The molecule has 5 atom stereocenters. The molecule has 4 aliphatic rings. The smallest absolute Gasteiger partial charge is 0.289 e. The zero-order chi connectivity index (χ0) is 26.6. The Morgan fingerprint density at radius 1 is 0.947 bits per heavy atom. The number of ketones is 1. The van der Waals surface area contributed by atoms with Gasteiger partial charge in [-0.2, -0.15) is 0 Å². The molecule has 0 aromatic heterocycles. The van der Waals surface area contributed by atoms with Gasteiger partial charge in [0.2, 0.25) is 17.6 Å². The highest BCUT2D eigenvalue weighted by atomic mass is 16.2. The number of nitrogens with one attached hydrogen (secondary N) is 2. The molecule has 3 amide bonds. The van der Waals surface area contributed by atoms with Gasteiger partial charge in [-0.25, -0.2) is 0 Å². The van der Waals surface area contributed by atoms with E-state index >= 15 is 0 Å². The molecule has 2 saturated carbocycles.